The number of hydrogen-bond donors (Lipinski definition) is 1. The lowest BCUT2D eigenvalue weighted by Gasteiger charge is -2.21. The quantitative estimate of drug-likeness (QED) is 0.680. The molecule has 2 rings (SSSR count). The second kappa shape index (κ2) is 7.59. The Kier molecular flexibility index (Phi) is 6.08. The van der Waals surface area contributed by atoms with E-state index in [9.17, 15) is 0 Å². The molecule has 0 fully saturated rings. The van der Waals surface area contributed by atoms with Gasteiger partial charge in [-0.3, -0.25) is 0 Å². The molecule has 1 atom stereocenters. The fraction of sp³-hybridized carbons (Fsp3) is 0.333. The van der Waals surface area contributed by atoms with Crippen molar-refractivity contribution < 1.29 is 4.74 Å². The van der Waals surface area contributed by atoms with Crippen LogP contribution in [0.2, 0.25) is 0 Å². The third-order valence-electron chi connectivity index (χ3n) is 3.02. The van der Waals surface area contributed by atoms with Gasteiger partial charge in [0.1, 0.15) is 5.75 Å². The van der Waals surface area contributed by atoms with E-state index in [0.717, 1.165) is 32.5 Å². The predicted molar refractivity (Wildman–Crippen MR) is 92.8 cm³/mol. The van der Waals surface area contributed by atoms with E-state index in [2.05, 4.69) is 61.6 Å². The molecule has 2 aromatic rings. The molecule has 1 aromatic carbocycles. The summed E-state index contributed by atoms with van der Waals surface area (Å²) in [4.78, 5) is 0. The van der Waals surface area contributed by atoms with Gasteiger partial charge in [-0.05, 0) is 64.1 Å². The van der Waals surface area contributed by atoms with Gasteiger partial charge in [0.15, 0.2) is 0 Å². The predicted octanol–water partition coefficient (Wildman–Crippen LogP) is 5.37. The van der Waals surface area contributed by atoms with Crippen molar-refractivity contribution in [2.75, 3.05) is 13.7 Å². The summed E-state index contributed by atoms with van der Waals surface area (Å²) in [6.07, 6.45) is 1.10. The monoisotopic (exact) mass is 417 g/mol. The molecule has 1 heterocycles. The first kappa shape index (κ1) is 16.0. The van der Waals surface area contributed by atoms with Crippen molar-refractivity contribution in [1.82, 2.24) is 5.32 Å². The van der Waals surface area contributed by atoms with Crippen LogP contribution < -0.4 is 10.1 Å². The van der Waals surface area contributed by atoms with Crippen LogP contribution in [0.4, 0.5) is 0 Å². The molecular formula is C15H17Br2NOS. The minimum absolute atomic E-state index is 0.143. The number of hydrogen-bond acceptors (Lipinski definition) is 3. The summed E-state index contributed by atoms with van der Waals surface area (Å²) < 4.78 is 7.72. The van der Waals surface area contributed by atoms with Crippen molar-refractivity contribution in [2.24, 2.45) is 0 Å². The summed E-state index contributed by atoms with van der Waals surface area (Å²) in [5.74, 6) is 0.907. The van der Waals surface area contributed by atoms with E-state index in [1.807, 2.05) is 12.1 Å². The highest BCUT2D eigenvalue weighted by atomic mass is 79.9. The van der Waals surface area contributed by atoms with Crippen molar-refractivity contribution >= 4 is 43.2 Å². The second-order valence-electron chi connectivity index (χ2n) is 4.46. The van der Waals surface area contributed by atoms with Gasteiger partial charge >= 0.3 is 0 Å². The van der Waals surface area contributed by atoms with Crippen LogP contribution in [-0.4, -0.2) is 13.7 Å². The standard InChI is InChI=1S/C15H17Br2NOS/c1-3-6-18-15(10-7-14(17)20-9-10)12-8-11(16)4-5-13(12)19-2/h4-5,7-9,15,18H,3,6H2,1-2H3. The van der Waals surface area contributed by atoms with Crippen molar-refractivity contribution in [3.8, 4) is 5.75 Å². The Labute approximate surface area is 140 Å². The molecule has 0 saturated heterocycles. The van der Waals surface area contributed by atoms with Crippen LogP contribution in [0, 0.1) is 0 Å². The third-order valence-corrected chi connectivity index (χ3v) is 5.04. The third kappa shape index (κ3) is 3.85. The summed E-state index contributed by atoms with van der Waals surface area (Å²) in [6, 6.07) is 8.44. The van der Waals surface area contributed by atoms with Gasteiger partial charge < -0.3 is 10.1 Å². The zero-order valence-electron chi connectivity index (χ0n) is 11.5. The number of benzene rings is 1. The highest BCUT2D eigenvalue weighted by Crippen LogP contribution is 2.35. The summed E-state index contributed by atoms with van der Waals surface area (Å²) in [5.41, 5.74) is 2.41. The molecule has 0 aliphatic carbocycles. The number of nitrogens with one attached hydrogen (secondary N) is 1. The number of halogens is 2. The largest absolute Gasteiger partial charge is 0.496 e. The molecule has 2 nitrogen and oxygen atoms in total. The van der Waals surface area contributed by atoms with E-state index >= 15 is 0 Å². The maximum absolute atomic E-state index is 5.52. The lowest BCUT2D eigenvalue weighted by atomic mass is 10.00. The molecule has 1 unspecified atom stereocenters. The smallest absolute Gasteiger partial charge is 0.124 e. The SMILES string of the molecule is CCCNC(c1csc(Br)c1)c1cc(Br)ccc1OC. The van der Waals surface area contributed by atoms with Crippen LogP contribution in [0.5, 0.6) is 5.75 Å². The Balaban J connectivity index is 2.42. The Bertz CT molecular complexity index is 571. The molecule has 108 valence electrons. The van der Waals surface area contributed by atoms with Crippen LogP contribution in [0.1, 0.15) is 30.5 Å². The summed E-state index contributed by atoms with van der Waals surface area (Å²) in [6.45, 7) is 3.14. The average Bonchev–Trinajstić information content (AvgIpc) is 2.86. The molecule has 0 radical (unpaired) electrons. The lowest BCUT2D eigenvalue weighted by Crippen LogP contribution is -2.23. The van der Waals surface area contributed by atoms with E-state index in [4.69, 9.17) is 4.74 Å². The molecule has 0 aliphatic rings. The van der Waals surface area contributed by atoms with Gasteiger partial charge in [0.25, 0.3) is 0 Å². The van der Waals surface area contributed by atoms with Gasteiger partial charge in [-0.25, -0.2) is 0 Å². The molecular weight excluding hydrogens is 402 g/mol. The molecule has 0 spiro atoms. The minimum Gasteiger partial charge on any atom is -0.496 e. The first-order chi connectivity index (χ1) is 9.65. The van der Waals surface area contributed by atoms with Crippen LogP contribution in [0.25, 0.3) is 0 Å². The Morgan fingerprint density at radius 3 is 2.70 bits per heavy atom. The van der Waals surface area contributed by atoms with E-state index in [1.54, 1.807) is 18.4 Å². The van der Waals surface area contributed by atoms with Crippen LogP contribution in [0.15, 0.2) is 37.9 Å². The molecule has 5 heteroatoms. The Morgan fingerprint density at radius 2 is 2.10 bits per heavy atom. The van der Waals surface area contributed by atoms with Gasteiger partial charge in [-0.15, -0.1) is 11.3 Å². The average molecular weight is 419 g/mol. The van der Waals surface area contributed by atoms with E-state index < -0.39 is 0 Å². The lowest BCUT2D eigenvalue weighted by molar-refractivity contribution is 0.403. The Hall–Kier alpha value is -0.360. The summed E-state index contributed by atoms with van der Waals surface area (Å²) in [5, 5.41) is 5.78. The zero-order chi connectivity index (χ0) is 14.5. The first-order valence-electron chi connectivity index (χ1n) is 6.46. The first-order valence-corrected chi connectivity index (χ1v) is 8.93. The van der Waals surface area contributed by atoms with E-state index in [-0.39, 0.29) is 6.04 Å². The second-order valence-corrected chi connectivity index (χ2v) is 7.66. The van der Waals surface area contributed by atoms with Crippen LogP contribution in [0.3, 0.4) is 0 Å². The van der Waals surface area contributed by atoms with Crippen molar-refractivity contribution in [2.45, 2.75) is 19.4 Å². The van der Waals surface area contributed by atoms with Crippen LogP contribution in [-0.2, 0) is 0 Å². The maximum atomic E-state index is 5.52. The topological polar surface area (TPSA) is 21.3 Å². The molecule has 0 bridgehead atoms. The normalized spacial score (nSPS) is 12.4. The number of ether oxygens (including phenoxy) is 1. The van der Waals surface area contributed by atoms with Gasteiger partial charge in [-0.2, -0.15) is 0 Å². The van der Waals surface area contributed by atoms with E-state index in [0.29, 0.717) is 0 Å². The molecule has 1 N–H and O–H groups in total. The highest BCUT2D eigenvalue weighted by Gasteiger charge is 2.19. The Morgan fingerprint density at radius 1 is 1.30 bits per heavy atom. The number of thiophene rings is 1. The minimum atomic E-state index is 0.143. The molecule has 0 saturated carbocycles. The zero-order valence-corrected chi connectivity index (χ0v) is 15.4. The summed E-state index contributed by atoms with van der Waals surface area (Å²) >= 11 is 8.79. The molecule has 1 aromatic heterocycles. The highest BCUT2D eigenvalue weighted by molar-refractivity contribution is 9.11. The van der Waals surface area contributed by atoms with Crippen molar-refractivity contribution in [3.05, 3.63) is 49.0 Å². The van der Waals surface area contributed by atoms with E-state index in [1.165, 1.54) is 5.56 Å². The molecule has 0 amide bonds. The number of methoxy groups -OCH3 is 1. The maximum Gasteiger partial charge on any atom is 0.124 e. The van der Waals surface area contributed by atoms with Gasteiger partial charge in [0, 0.05) is 10.0 Å². The number of rotatable bonds is 6. The van der Waals surface area contributed by atoms with Gasteiger partial charge in [0.05, 0.1) is 16.9 Å². The van der Waals surface area contributed by atoms with Gasteiger partial charge in [-0.1, -0.05) is 22.9 Å². The van der Waals surface area contributed by atoms with Gasteiger partial charge in [0.2, 0.25) is 0 Å². The van der Waals surface area contributed by atoms with Crippen molar-refractivity contribution in [3.63, 3.8) is 0 Å². The van der Waals surface area contributed by atoms with Crippen molar-refractivity contribution in [1.29, 1.82) is 0 Å². The van der Waals surface area contributed by atoms with Crippen LogP contribution >= 0.6 is 43.2 Å². The fourth-order valence-electron chi connectivity index (χ4n) is 2.10. The molecule has 0 aliphatic heterocycles. The molecule has 20 heavy (non-hydrogen) atoms. The summed E-state index contributed by atoms with van der Waals surface area (Å²) in [7, 11) is 1.72. The fourth-order valence-corrected chi connectivity index (χ4v) is 3.68.